The van der Waals surface area contributed by atoms with Gasteiger partial charge in [-0.2, -0.15) is 0 Å². The fraction of sp³-hybridized carbons (Fsp3) is 0.440. The third-order valence-electron chi connectivity index (χ3n) is 6.09. The first-order valence-corrected chi connectivity index (χ1v) is 11.6. The van der Waals surface area contributed by atoms with Crippen molar-refractivity contribution >= 4 is 11.9 Å². The summed E-state index contributed by atoms with van der Waals surface area (Å²) in [4.78, 5) is 23.5. The van der Waals surface area contributed by atoms with Gasteiger partial charge in [-0.3, -0.25) is 4.79 Å². The summed E-state index contributed by atoms with van der Waals surface area (Å²) < 4.78 is 46.1. The van der Waals surface area contributed by atoms with Crippen LogP contribution in [-0.2, 0) is 28.5 Å². The molecule has 2 saturated heterocycles. The van der Waals surface area contributed by atoms with Gasteiger partial charge in [-0.25, -0.2) is 4.79 Å². The minimum absolute atomic E-state index is 0.103. The molecule has 198 valence electrons. The van der Waals surface area contributed by atoms with Crippen molar-refractivity contribution in [1.82, 2.24) is 5.32 Å². The number of carbonyl (C=O) groups is 2. The number of nitrogens with one attached hydrogen (secondary N) is 1. The molecule has 5 rings (SSSR count). The van der Waals surface area contributed by atoms with Crippen molar-refractivity contribution in [2.75, 3.05) is 27.1 Å². The second kappa shape index (κ2) is 10.8. The Hall–Kier alpha value is -3.58. The van der Waals surface area contributed by atoms with Gasteiger partial charge in [0.15, 0.2) is 17.8 Å². The van der Waals surface area contributed by atoms with E-state index in [1.165, 1.54) is 6.92 Å². The summed E-state index contributed by atoms with van der Waals surface area (Å²) in [6.07, 6.45) is -4.18. The predicted molar refractivity (Wildman–Crippen MR) is 123 cm³/mol. The number of fused-ring (bicyclic) bond motifs is 2. The Labute approximate surface area is 212 Å². The Morgan fingerprint density at radius 1 is 1.05 bits per heavy atom. The molecule has 2 fully saturated rings. The molecule has 12 heteroatoms. The highest BCUT2D eigenvalue weighted by atomic mass is 16.8. The topological polar surface area (TPSA) is 140 Å². The summed E-state index contributed by atoms with van der Waals surface area (Å²) >= 11 is 0. The van der Waals surface area contributed by atoms with E-state index in [-0.39, 0.29) is 19.3 Å². The predicted octanol–water partition coefficient (Wildman–Crippen LogP) is 1.62. The molecule has 0 spiro atoms. The largest absolute Gasteiger partial charge is 0.497 e. The molecule has 0 saturated carbocycles. The number of carboxylic acids is 1. The molecule has 2 aromatic carbocycles. The molecule has 0 radical (unpaired) electrons. The van der Waals surface area contributed by atoms with E-state index >= 15 is 0 Å². The Morgan fingerprint density at radius 3 is 2.54 bits per heavy atom. The van der Waals surface area contributed by atoms with E-state index in [0.717, 1.165) is 5.56 Å². The van der Waals surface area contributed by atoms with Crippen molar-refractivity contribution in [3.8, 4) is 23.0 Å². The summed E-state index contributed by atoms with van der Waals surface area (Å²) in [7, 11) is 1.57. The first-order valence-electron chi connectivity index (χ1n) is 11.6. The number of rotatable bonds is 8. The van der Waals surface area contributed by atoms with Crippen LogP contribution < -0.4 is 24.3 Å². The van der Waals surface area contributed by atoms with Gasteiger partial charge in [-0.05, 0) is 24.3 Å². The molecule has 0 bridgehead atoms. The van der Waals surface area contributed by atoms with Crippen molar-refractivity contribution < 1.29 is 52.6 Å². The third-order valence-corrected chi connectivity index (χ3v) is 6.09. The van der Waals surface area contributed by atoms with Crippen LogP contribution in [0.4, 0.5) is 0 Å². The zero-order chi connectivity index (χ0) is 25.9. The van der Waals surface area contributed by atoms with Crippen LogP contribution in [0.25, 0.3) is 0 Å². The Bertz CT molecular complexity index is 1120. The highest BCUT2D eigenvalue weighted by Crippen LogP contribution is 2.39. The summed E-state index contributed by atoms with van der Waals surface area (Å²) in [5.41, 5.74) is 0.728. The average molecular weight is 517 g/mol. The minimum atomic E-state index is -1.17. The first kappa shape index (κ1) is 25.1. The third kappa shape index (κ3) is 5.57. The van der Waals surface area contributed by atoms with E-state index in [1.54, 1.807) is 49.6 Å². The van der Waals surface area contributed by atoms with Crippen molar-refractivity contribution in [2.24, 2.45) is 0 Å². The second-order valence-electron chi connectivity index (χ2n) is 8.61. The molecular weight excluding hydrogens is 490 g/mol. The van der Waals surface area contributed by atoms with E-state index < -0.39 is 49.5 Å². The van der Waals surface area contributed by atoms with Crippen LogP contribution >= 0.6 is 0 Å². The van der Waals surface area contributed by atoms with Crippen LogP contribution in [-0.4, -0.2) is 74.7 Å². The van der Waals surface area contributed by atoms with Gasteiger partial charge in [-0.15, -0.1) is 0 Å². The number of carboxylic acid groups (broad SMARTS) is 1. The summed E-state index contributed by atoms with van der Waals surface area (Å²) in [6.45, 7) is 0.940. The molecule has 0 aliphatic carbocycles. The fourth-order valence-electron chi connectivity index (χ4n) is 4.44. The molecule has 3 aliphatic heterocycles. The number of methoxy groups -OCH3 is 1. The number of ether oxygens (including phenoxy) is 8. The van der Waals surface area contributed by atoms with Gasteiger partial charge in [0.05, 0.1) is 13.7 Å². The van der Waals surface area contributed by atoms with Gasteiger partial charge in [-0.1, -0.05) is 12.1 Å². The van der Waals surface area contributed by atoms with Gasteiger partial charge in [0.2, 0.25) is 19.0 Å². The van der Waals surface area contributed by atoms with Gasteiger partial charge in [0.25, 0.3) is 0 Å². The van der Waals surface area contributed by atoms with Gasteiger partial charge >= 0.3 is 5.97 Å². The van der Waals surface area contributed by atoms with E-state index in [1.807, 2.05) is 0 Å². The number of amides is 1. The minimum Gasteiger partial charge on any atom is -0.497 e. The smallest absolute Gasteiger partial charge is 0.329 e. The van der Waals surface area contributed by atoms with Crippen LogP contribution in [0.1, 0.15) is 18.8 Å². The van der Waals surface area contributed by atoms with Crippen LogP contribution in [0.2, 0.25) is 0 Å². The highest BCUT2D eigenvalue weighted by Gasteiger charge is 2.52. The number of hydrogen-bond donors (Lipinski definition) is 2. The maximum Gasteiger partial charge on any atom is 0.329 e. The van der Waals surface area contributed by atoms with E-state index in [0.29, 0.717) is 23.0 Å². The van der Waals surface area contributed by atoms with Gasteiger partial charge < -0.3 is 48.3 Å². The number of aliphatic carboxylic acids is 1. The summed E-state index contributed by atoms with van der Waals surface area (Å²) in [6, 6.07) is 11.3. The summed E-state index contributed by atoms with van der Waals surface area (Å²) in [5.74, 6) is 0.610. The molecule has 6 atom stereocenters. The molecule has 6 unspecified atom stereocenters. The zero-order valence-electron chi connectivity index (χ0n) is 20.2. The van der Waals surface area contributed by atoms with Crippen molar-refractivity contribution in [1.29, 1.82) is 0 Å². The van der Waals surface area contributed by atoms with Gasteiger partial charge in [0, 0.05) is 18.6 Å². The molecule has 2 N–H and O–H groups in total. The maximum atomic E-state index is 12.1. The van der Waals surface area contributed by atoms with Crippen LogP contribution in [0.3, 0.4) is 0 Å². The molecule has 12 nitrogen and oxygen atoms in total. The lowest BCUT2D eigenvalue weighted by atomic mass is 9.95. The summed E-state index contributed by atoms with van der Waals surface area (Å²) in [5, 5.41) is 12.1. The quantitative estimate of drug-likeness (QED) is 0.528. The monoisotopic (exact) mass is 517 g/mol. The van der Waals surface area contributed by atoms with E-state index in [2.05, 4.69) is 5.32 Å². The lowest BCUT2D eigenvalue weighted by Gasteiger charge is -2.49. The normalized spacial score (nSPS) is 28.2. The highest BCUT2D eigenvalue weighted by molar-refractivity contribution is 5.73. The maximum absolute atomic E-state index is 12.1. The molecule has 3 heterocycles. The van der Waals surface area contributed by atoms with Crippen LogP contribution in [0.5, 0.6) is 23.0 Å². The fourth-order valence-corrected chi connectivity index (χ4v) is 4.44. The molecule has 1 amide bonds. The average Bonchev–Trinajstić information content (AvgIpc) is 3.36. The molecule has 2 aromatic rings. The van der Waals surface area contributed by atoms with Crippen LogP contribution in [0, 0.1) is 0 Å². The molecule has 0 aromatic heterocycles. The number of carbonyl (C=O) groups excluding carboxylic acids is 1. The zero-order valence-corrected chi connectivity index (χ0v) is 20.2. The number of benzene rings is 2. The molecular formula is C25H27NO11. The standard InChI is InChI=1S/C25H27NO11/c1-13(27)26-21-23(31-11-20(28)29)22-19(10-32-24(37-22)14-3-5-15(30-2)6-4-14)36-25(21)35-16-7-8-17-18(9-16)34-12-33-17/h3-9,19,21-25H,10-12H2,1-2H3,(H,26,27)(H,28,29). The van der Waals surface area contributed by atoms with Crippen molar-refractivity contribution in [3.63, 3.8) is 0 Å². The Balaban J connectivity index is 1.40. The lowest BCUT2D eigenvalue weighted by Crippen LogP contribution is -2.68. The number of hydrogen-bond acceptors (Lipinski definition) is 10. The SMILES string of the molecule is COc1ccc(C2OCC3OC(Oc4ccc5c(c4)OCO5)C(NC(C)=O)C(OCC(=O)O)C3O2)cc1. The van der Waals surface area contributed by atoms with E-state index in [4.69, 9.17) is 37.9 Å². The van der Waals surface area contributed by atoms with E-state index in [9.17, 15) is 14.7 Å². The molecule has 37 heavy (non-hydrogen) atoms. The lowest BCUT2D eigenvalue weighted by molar-refractivity contribution is -0.337. The first-order chi connectivity index (χ1) is 17.9. The molecule has 3 aliphatic rings. The second-order valence-corrected chi connectivity index (χ2v) is 8.61. The van der Waals surface area contributed by atoms with Gasteiger partial charge in [0.1, 0.15) is 42.5 Å². The van der Waals surface area contributed by atoms with Crippen molar-refractivity contribution in [2.45, 2.75) is 43.9 Å². The Kier molecular flexibility index (Phi) is 7.33. The Morgan fingerprint density at radius 2 is 1.81 bits per heavy atom. The van der Waals surface area contributed by atoms with Crippen molar-refractivity contribution in [3.05, 3.63) is 48.0 Å². The van der Waals surface area contributed by atoms with Crippen LogP contribution in [0.15, 0.2) is 42.5 Å².